The van der Waals surface area contributed by atoms with Crippen molar-refractivity contribution in [2.75, 3.05) is 21.3 Å². The largest absolute Gasteiger partial charge is 0.493 e. The van der Waals surface area contributed by atoms with Crippen LogP contribution in [0.2, 0.25) is 0 Å². The van der Waals surface area contributed by atoms with Crippen LogP contribution in [0, 0.1) is 0 Å². The lowest BCUT2D eigenvalue weighted by atomic mass is 9.86. The molecular weight excluding hydrogens is 308 g/mol. The van der Waals surface area contributed by atoms with E-state index in [4.69, 9.17) is 25.8 Å². The number of carbonyl (C=O) groups is 2. The minimum atomic E-state index is -0.404. The number of carbonyl (C=O) groups excluding carboxylic acids is 2. The molecule has 0 saturated carbocycles. The van der Waals surface area contributed by atoms with Crippen molar-refractivity contribution in [3.8, 4) is 17.2 Å². The maximum atomic E-state index is 12.7. The van der Waals surface area contributed by atoms with E-state index in [9.17, 15) is 9.59 Å². The molecule has 0 saturated heterocycles. The van der Waals surface area contributed by atoms with Gasteiger partial charge in [-0.25, -0.2) is 0 Å². The van der Waals surface area contributed by atoms with Crippen molar-refractivity contribution >= 4 is 23.2 Å². The third-order valence-corrected chi connectivity index (χ3v) is 3.94. The molecule has 5 nitrogen and oxygen atoms in total. The molecule has 0 bridgehead atoms. The van der Waals surface area contributed by atoms with E-state index in [1.54, 1.807) is 0 Å². The summed E-state index contributed by atoms with van der Waals surface area (Å²) in [7, 11) is 4.30. The average Bonchev–Trinajstić information content (AvgIpc) is 2.54. The predicted molar refractivity (Wildman–Crippen MR) is 82.5 cm³/mol. The first-order valence-electron chi connectivity index (χ1n) is 6.82. The molecule has 0 aliphatic heterocycles. The number of allylic oxidation sites excluding steroid dienone is 2. The quantitative estimate of drug-likeness (QED) is 0.830. The molecule has 0 radical (unpaired) electrons. The monoisotopic (exact) mass is 324 g/mol. The lowest BCUT2D eigenvalue weighted by Gasteiger charge is -2.22. The highest BCUT2D eigenvalue weighted by Crippen LogP contribution is 2.46. The molecule has 0 fully saturated rings. The van der Waals surface area contributed by atoms with Crippen LogP contribution in [-0.4, -0.2) is 32.9 Å². The Bertz CT molecular complexity index is 676. The minimum absolute atomic E-state index is 0.0337. The maximum Gasteiger partial charge on any atom is 0.205 e. The fraction of sp³-hybridized carbons (Fsp3) is 0.375. The van der Waals surface area contributed by atoms with Gasteiger partial charge >= 0.3 is 0 Å². The first-order valence-corrected chi connectivity index (χ1v) is 7.20. The summed E-state index contributed by atoms with van der Waals surface area (Å²) >= 11 is 6.10. The molecule has 0 atom stereocenters. The molecule has 118 valence electrons. The number of halogens is 1. The van der Waals surface area contributed by atoms with Gasteiger partial charge in [0, 0.05) is 11.1 Å². The van der Waals surface area contributed by atoms with E-state index in [0.29, 0.717) is 24.2 Å². The number of benzene rings is 1. The van der Waals surface area contributed by atoms with E-state index in [0.717, 1.165) is 0 Å². The number of hydrogen-bond donors (Lipinski definition) is 0. The van der Waals surface area contributed by atoms with E-state index in [-0.39, 0.29) is 33.4 Å². The molecule has 0 aromatic heterocycles. The van der Waals surface area contributed by atoms with Crippen LogP contribution in [0.5, 0.6) is 17.2 Å². The van der Waals surface area contributed by atoms with Crippen molar-refractivity contribution in [1.29, 1.82) is 0 Å². The van der Waals surface area contributed by atoms with Crippen molar-refractivity contribution in [3.63, 3.8) is 0 Å². The van der Waals surface area contributed by atoms with Crippen molar-refractivity contribution in [2.24, 2.45) is 0 Å². The van der Waals surface area contributed by atoms with Crippen LogP contribution in [-0.2, 0) is 0 Å². The van der Waals surface area contributed by atoms with Gasteiger partial charge in [0.25, 0.3) is 0 Å². The van der Waals surface area contributed by atoms with Gasteiger partial charge in [0.15, 0.2) is 17.3 Å². The SMILES string of the molecule is CCCC1=C(Cl)C(=O)c2cc(OC)c(OC)c(OC)c2C1=O. The number of methoxy groups -OCH3 is 3. The summed E-state index contributed by atoms with van der Waals surface area (Å²) in [6.07, 6.45) is 1.13. The van der Waals surface area contributed by atoms with Crippen molar-refractivity contribution in [1.82, 2.24) is 0 Å². The molecule has 1 aliphatic carbocycles. The Hall–Kier alpha value is -2.01. The Kier molecular flexibility index (Phi) is 4.76. The highest BCUT2D eigenvalue weighted by Gasteiger charge is 2.36. The van der Waals surface area contributed by atoms with Crippen molar-refractivity contribution < 1.29 is 23.8 Å². The molecule has 1 aliphatic rings. The van der Waals surface area contributed by atoms with E-state index in [2.05, 4.69) is 0 Å². The Morgan fingerprint density at radius 2 is 1.64 bits per heavy atom. The molecule has 6 heteroatoms. The van der Waals surface area contributed by atoms with Gasteiger partial charge in [0.05, 0.1) is 31.9 Å². The van der Waals surface area contributed by atoms with Crippen molar-refractivity contribution in [3.05, 3.63) is 27.8 Å². The van der Waals surface area contributed by atoms with E-state index in [1.807, 2.05) is 6.92 Å². The molecule has 22 heavy (non-hydrogen) atoms. The van der Waals surface area contributed by atoms with Crippen LogP contribution in [0.4, 0.5) is 0 Å². The first-order chi connectivity index (χ1) is 10.5. The Labute approximate surface area is 133 Å². The third kappa shape index (κ3) is 2.35. The number of fused-ring (bicyclic) bond motifs is 1. The average molecular weight is 325 g/mol. The third-order valence-electron chi connectivity index (χ3n) is 3.54. The fourth-order valence-electron chi connectivity index (χ4n) is 2.54. The van der Waals surface area contributed by atoms with Crippen LogP contribution >= 0.6 is 11.6 Å². The molecule has 0 spiro atoms. The van der Waals surface area contributed by atoms with Gasteiger partial charge in [-0.05, 0) is 12.5 Å². The van der Waals surface area contributed by atoms with Gasteiger partial charge < -0.3 is 14.2 Å². The zero-order valence-electron chi connectivity index (χ0n) is 12.9. The number of rotatable bonds is 5. The maximum absolute atomic E-state index is 12.7. The molecular formula is C16H17ClO5. The lowest BCUT2D eigenvalue weighted by molar-refractivity contribution is 0.0974. The number of ketones is 2. The summed E-state index contributed by atoms with van der Waals surface area (Å²) in [6.45, 7) is 1.91. The van der Waals surface area contributed by atoms with Gasteiger partial charge in [-0.3, -0.25) is 9.59 Å². The molecule has 0 N–H and O–H groups in total. The second kappa shape index (κ2) is 6.40. The number of ether oxygens (including phenoxy) is 3. The zero-order chi connectivity index (χ0) is 16.4. The Balaban J connectivity index is 2.79. The van der Waals surface area contributed by atoms with Gasteiger partial charge in [-0.2, -0.15) is 0 Å². The fourth-order valence-corrected chi connectivity index (χ4v) is 2.82. The van der Waals surface area contributed by atoms with Gasteiger partial charge in [-0.15, -0.1) is 0 Å². The normalized spacial score (nSPS) is 14.0. The summed E-state index contributed by atoms with van der Waals surface area (Å²) in [5, 5.41) is -0.0337. The minimum Gasteiger partial charge on any atom is -0.493 e. The van der Waals surface area contributed by atoms with Gasteiger partial charge in [-0.1, -0.05) is 24.9 Å². The van der Waals surface area contributed by atoms with Gasteiger partial charge in [0.1, 0.15) is 0 Å². The second-order valence-electron chi connectivity index (χ2n) is 4.77. The smallest absolute Gasteiger partial charge is 0.205 e. The lowest BCUT2D eigenvalue weighted by Crippen LogP contribution is -2.21. The highest BCUT2D eigenvalue weighted by atomic mass is 35.5. The second-order valence-corrected chi connectivity index (χ2v) is 5.15. The van der Waals surface area contributed by atoms with Crippen LogP contribution in [0.25, 0.3) is 0 Å². The van der Waals surface area contributed by atoms with Crippen molar-refractivity contribution in [2.45, 2.75) is 19.8 Å². The zero-order valence-corrected chi connectivity index (χ0v) is 13.7. The standard InChI is InChI=1S/C16H17ClO5/c1-5-6-8-12(17)14(19)9-7-10(20-2)15(21-3)16(22-4)11(9)13(8)18/h7H,5-6H2,1-4H3. The van der Waals surface area contributed by atoms with Crippen LogP contribution in [0.15, 0.2) is 16.7 Å². The Morgan fingerprint density at radius 3 is 2.14 bits per heavy atom. The highest BCUT2D eigenvalue weighted by molar-refractivity contribution is 6.50. The summed E-state index contributed by atoms with van der Waals surface area (Å²) in [4.78, 5) is 25.2. The van der Waals surface area contributed by atoms with E-state index >= 15 is 0 Å². The molecule has 2 rings (SSSR count). The number of hydrogen-bond acceptors (Lipinski definition) is 5. The van der Waals surface area contributed by atoms with E-state index in [1.165, 1.54) is 27.4 Å². The van der Waals surface area contributed by atoms with E-state index < -0.39 is 5.78 Å². The van der Waals surface area contributed by atoms with Gasteiger partial charge in [0.2, 0.25) is 11.5 Å². The molecule has 0 unspecified atom stereocenters. The molecule has 1 aromatic carbocycles. The molecule has 1 aromatic rings. The number of Topliss-reactive ketones (excluding diaryl/α,β-unsaturated/α-hetero) is 2. The van der Waals surface area contributed by atoms with Crippen LogP contribution in [0.3, 0.4) is 0 Å². The first kappa shape index (κ1) is 16.4. The van der Waals surface area contributed by atoms with Crippen LogP contribution in [0.1, 0.15) is 40.5 Å². The summed E-state index contributed by atoms with van der Waals surface area (Å²) in [5.74, 6) is 0.0626. The summed E-state index contributed by atoms with van der Waals surface area (Å²) < 4.78 is 15.8. The van der Waals surface area contributed by atoms with Crippen LogP contribution < -0.4 is 14.2 Å². The topological polar surface area (TPSA) is 61.8 Å². The summed E-state index contributed by atoms with van der Waals surface area (Å²) in [5.41, 5.74) is 0.662. The summed E-state index contributed by atoms with van der Waals surface area (Å²) in [6, 6.07) is 1.46. The predicted octanol–water partition coefficient (Wildman–Crippen LogP) is 3.38. The molecule has 0 amide bonds. The Morgan fingerprint density at radius 1 is 1.00 bits per heavy atom. The molecule has 0 heterocycles.